The number of carbonyl (C=O) groups is 1. The zero-order valence-corrected chi connectivity index (χ0v) is 11.5. The highest BCUT2D eigenvalue weighted by molar-refractivity contribution is 7.89. The number of hydrogen-bond acceptors (Lipinski definition) is 6. The zero-order chi connectivity index (χ0) is 15.3. The van der Waals surface area contributed by atoms with Crippen molar-refractivity contribution in [2.75, 3.05) is 14.2 Å². The van der Waals surface area contributed by atoms with E-state index in [4.69, 9.17) is 19.8 Å². The van der Waals surface area contributed by atoms with Gasteiger partial charge in [-0.3, -0.25) is 4.79 Å². The van der Waals surface area contributed by atoms with E-state index >= 15 is 0 Å². The molecule has 1 rings (SSSR count). The van der Waals surface area contributed by atoms with Gasteiger partial charge in [-0.25, -0.2) is 13.1 Å². The van der Waals surface area contributed by atoms with Crippen LogP contribution in [0.3, 0.4) is 0 Å². The van der Waals surface area contributed by atoms with Crippen LogP contribution < -0.4 is 14.2 Å². The monoisotopic (exact) mass is 300 g/mol. The van der Waals surface area contributed by atoms with Gasteiger partial charge in [-0.15, -0.1) is 0 Å². The minimum atomic E-state index is -4.15. The lowest BCUT2D eigenvalue weighted by molar-refractivity contribution is -0.136. The highest BCUT2D eigenvalue weighted by Crippen LogP contribution is 2.35. The molecule has 0 unspecified atom stereocenters. The Kier molecular flexibility index (Phi) is 4.77. The Morgan fingerprint density at radius 3 is 2.50 bits per heavy atom. The van der Waals surface area contributed by atoms with Crippen LogP contribution in [0.4, 0.5) is 0 Å². The van der Waals surface area contributed by atoms with Gasteiger partial charge in [-0.1, -0.05) is 0 Å². The van der Waals surface area contributed by atoms with E-state index in [1.54, 1.807) is 4.72 Å². The molecule has 0 amide bonds. The van der Waals surface area contributed by atoms with Gasteiger partial charge in [0.1, 0.15) is 4.90 Å². The fraction of sp³-hybridized carbons (Fsp3) is 0.273. The molecule has 1 aromatic rings. The van der Waals surface area contributed by atoms with Crippen molar-refractivity contribution in [1.29, 1.82) is 5.26 Å². The number of carboxylic acids is 1. The second-order valence-electron chi connectivity index (χ2n) is 3.62. The summed E-state index contributed by atoms with van der Waals surface area (Å²) in [6.07, 6.45) is 0.911. The summed E-state index contributed by atoms with van der Waals surface area (Å²) in [5.41, 5.74) is 0.202. The fourth-order valence-electron chi connectivity index (χ4n) is 1.58. The van der Waals surface area contributed by atoms with Crippen LogP contribution in [0, 0.1) is 11.5 Å². The van der Waals surface area contributed by atoms with Crippen molar-refractivity contribution in [3.05, 3.63) is 17.7 Å². The standard InChI is InChI=1S/C11H12N2O6S/c1-18-8-3-7(5-10(14)15)4-9(11(8)19-2)20(16,17)13-6-12/h3-4,13H,5H2,1-2H3,(H,14,15). The minimum Gasteiger partial charge on any atom is -0.493 e. The molecule has 20 heavy (non-hydrogen) atoms. The molecular formula is C11H12N2O6S. The van der Waals surface area contributed by atoms with Gasteiger partial charge in [-0.2, -0.15) is 5.26 Å². The summed E-state index contributed by atoms with van der Waals surface area (Å²) < 4.78 is 35.4. The molecule has 0 aliphatic rings. The second kappa shape index (κ2) is 6.12. The molecule has 1 aromatic carbocycles. The van der Waals surface area contributed by atoms with Crippen LogP contribution in [0.2, 0.25) is 0 Å². The van der Waals surface area contributed by atoms with E-state index in [0.29, 0.717) is 0 Å². The van der Waals surface area contributed by atoms with E-state index in [1.807, 2.05) is 0 Å². The van der Waals surface area contributed by atoms with E-state index in [0.717, 1.165) is 6.07 Å². The molecular weight excluding hydrogens is 288 g/mol. The number of ether oxygens (including phenoxy) is 2. The molecule has 2 N–H and O–H groups in total. The van der Waals surface area contributed by atoms with Gasteiger partial charge in [0, 0.05) is 0 Å². The van der Waals surface area contributed by atoms with Gasteiger partial charge in [0.15, 0.2) is 17.7 Å². The van der Waals surface area contributed by atoms with Crippen LogP contribution in [0.25, 0.3) is 0 Å². The minimum absolute atomic E-state index is 0.0598. The molecule has 9 heteroatoms. The first-order chi connectivity index (χ1) is 9.35. The van der Waals surface area contributed by atoms with Gasteiger partial charge in [0.05, 0.1) is 20.6 Å². The molecule has 0 heterocycles. The maximum atomic E-state index is 11.9. The molecule has 108 valence electrons. The van der Waals surface area contributed by atoms with Crippen LogP contribution in [0.1, 0.15) is 5.56 Å². The van der Waals surface area contributed by atoms with Crippen molar-refractivity contribution in [3.8, 4) is 17.7 Å². The number of rotatable bonds is 6. The summed E-state index contributed by atoms with van der Waals surface area (Å²) in [7, 11) is -1.63. The molecule has 0 saturated carbocycles. The van der Waals surface area contributed by atoms with Gasteiger partial charge < -0.3 is 14.6 Å². The Bertz CT molecular complexity index is 662. The lowest BCUT2D eigenvalue weighted by Gasteiger charge is -2.14. The number of nitrogens with one attached hydrogen (secondary N) is 1. The lowest BCUT2D eigenvalue weighted by Crippen LogP contribution is -2.19. The maximum absolute atomic E-state index is 11.9. The van der Waals surface area contributed by atoms with Gasteiger partial charge in [-0.05, 0) is 17.7 Å². The van der Waals surface area contributed by atoms with E-state index in [2.05, 4.69) is 0 Å². The summed E-state index contributed by atoms with van der Waals surface area (Å²) in [5.74, 6) is -1.18. The summed E-state index contributed by atoms with van der Waals surface area (Å²) in [4.78, 5) is 10.4. The van der Waals surface area contributed by atoms with Crippen LogP contribution >= 0.6 is 0 Å². The summed E-state index contributed by atoms with van der Waals surface area (Å²) in [6, 6.07) is 2.48. The zero-order valence-electron chi connectivity index (χ0n) is 10.7. The Morgan fingerprint density at radius 1 is 1.40 bits per heavy atom. The molecule has 0 aromatic heterocycles. The first kappa shape index (κ1) is 15.6. The number of aliphatic carboxylic acids is 1. The quantitative estimate of drug-likeness (QED) is 0.563. The number of hydrogen-bond donors (Lipinski definition) is 2. The Balaban J connectivity index is 3.54. The highest BCUT2D eigenvalue weighted by Gasteiger charge is 2.24. The number of methoxy groups -OCH3 is 2. The topological polar surface area (TPSA) is 126 Å². The van der Waals surface area contributed by atoms with E-state index in [9.17, 15) is 13.2 Å². The maximum Gasteiger partial charge on any atom is 0.307 e. The lowest BCUT2D eigenvalue weighted by atomic mass is 10.1. The van der Waals surface area contributed by atoms with Crippen molar-refractivity contribution in [3.63, 3.8) is 0 Å². The predicted octanol–water partition coefficient (Wildman–Crippen LogP) is 0.0903. The largest absolute Gasteiger partial charge is 0.493 e. The van der Waals surface area contributed by atoms with Crippen LogP contribution in [0.15, 0.2) is 17.0 Å². The number of nitrogens with zero attached hydrogens (tertiary/aromatic N) is 1. The second-order valence-corrected chi connectivity index (χ2v) is 5.27. The molecule has 0 fully saturated rings. The summed E-state index contributed by atoms with van der Waals surface area (Å²) >= 11 is 0. The first-order valence-corrected chi connectivity index (χ1v) is 6.71. The molecule has 0 radical (unpaired) electrons. The van der Waals surface area contributed by atoms with Crippen LogP contribution in [-0.4, -0.2) is 33.7 Å². The van der Waals surface area contributed by atoms with Gasteiger partial charge in [0.2, 0.25) is 0 Å². The molecule has 0 spiro atoms. The highest BCUT2D eigenvalue weighted by atomic mass is 32.2. The molecule has 0 bridgehead atoms. The van der Waals surface area contributed by atoms with Crippen molar-refractivity contribution in [1.82, 2.24) is 4.72 Å². The number of nitriles is 1. The number of benzene rings is 1. The van der Waals surface area contributed by atoms with E-state index in [1.165, 1.54) is 26.5 Å². The average Bonchev–Trinajstić information content (AvgIpc) is 2.36. The molecule has 8 nitrogen and oxygen atoms in total. The average molecular weight is 300 g/mol. The molecule has 0 aliphatic heterocycles. The Labute approximate surface area is 115 Å². The normalized spacial score (nSPS) is 10.4. The van der Waals surface area contributed by atoms with E-state index < -0.39 is 22.4 Å². The van der Waals surface area contributed by atoms with Crippen molar-refractivity contribution < 1.29 is 27.8 Å². The van der Waals surface area contributed by atoms with Crippen LogP contribution in [-0.2, 0) is 21.2 Å². The molecule has 0 saturated heterocycles. The molecule has 0 atom stereocenters. The Hall–Kier alpha value is -2.47. The smallest absolute Gasteiger partial charge is 0.307 e. The third-order valence-corrected chi connectivity index (χ3v) is 3.57. The van der Waals surface area contributed by atoms with Crippen LogP contribution in [0.5, 0.6) is 11.5 Å². The summed E-state index contributed by atoms with van der Waals surface area (Å²) in [6.45, 7) is 0. The Morgan fingerprint density at radius 2 is 2.05 bits per heavy atom. The first-order valence-electron chi connectivity index (χ1n) is 5.23. The van der Waals surface area contributed by atoms with E-state index in [-0.39, 0.29) is 22.0 Å². The number of carboxylic acid groups (broad SMARTS) is 1. The molecule has 0 aliphatic carbocycles. The van der Waals surface area contributed by atoms with Gasteiger partial charge >= 0.3 is 5.97 Å². The number of sulfonamides is 1. The van der Waals surface area contributed by atoms with Crippen molar-refractivity contribution in [2.24, 2.45) is 0 Å². The fourth-order valence-corrected chi connectivity index (χ4v) is 2.54. The third kappa shape index (κ3) is 3.30. The predicted molar refractivity (Wildman–Crippen MR) is 66.8 cm³/mol. The summed E-state index contributed by atoms with van der Waals surface area (Å²) in [5, 5.41) is 17.2. The van der Waals surface area contributed by atoms with Gasteiger partial charge in [0.25, 0.3) is 10.0 Å². The van der Waals surface area contributed by atoms with Crippen molar-refractivity contribution in [2.45, 2.75) is 11.3 Å². The SMILES string of the molecule is COc1cc(CC(=O)O)cc(S(=O)(=O)NC#N)c1OC. The van der Waals surface area contributed by atoms with Crippen molar-refractivity contribution >= 4 is 16.0 Å². The third-order valence-electron chi connectivity index (χ3n) is 2.33.